The molecular weight excluding hydrogens is 210 g/mol. The van der Waals surface area contributed by atoms with Crippen molar-refractivity contribution in [3.63, 3.8) is 0 Å². The molecule has 0 radical (unpaired) electrons. The van der Waals surface area contributed by atoms with Gasteiger partial charge in [0.2, 0.25) is 0 Å². The van der Waals surface area contributed by atoms with Gasteiger partial charge in [0.25, 0.3) is 5.56 Å². The average Bonchev–Trinajstić information content (AvgIpc) is 2.29. The molecule has 88 valence electrons. The van der Waals surface area contributed by atoms with Gasteiger partial charge in [-0.2, -0.15) is 0 Å². The first-order valence-corrected chi connectivity index (χ1v) is 4.97. The van der Waals surface area contributed by atoms with E-state index in [4.69, 9.17) is 0 Å². The molecule has 1 heterocycles. The first-order valence-electron chi connectivity index (χ1n) is 4.97. The Labute approximate surface area is 93.3 Å². The van der Waals surface area contributed by atoms with Crippen LogP contribution in [0, 0.1) is 0 Å². The van der Waals surface area contributed by atoms with Crippen molar-refractivity contribution in [2.75, 3.05) is 25.6 Å². The number of ether oxygens (including phenoxy) is 1. The van der Waals surface area contributed by atoms with Crippen LogP contribution in [-0.2, 0) is 9.53 Å². The minimum atomic E-state index is -0.247. The number of carbonyl (C=O) groups excluding carboxylic acids is 1. The predicted octanol–water partition coefficient (Wildman–Crippen LogP) is 0.159. The Balaban J connectivity index is 2.47. The third-order valence-corrected chi connectivity index (χ3v) is 2.15. The number of hydrogen-bond acceptors (Lipinski definition) is 5. The molecule has 0 amide bonds. The van der Waals surface area contributed by atoms with Gasteiger partial charge in [-0.15, -0.1) is 0 Å². The average molecular weight is 225 g/mol. The molecule has 1 aromatic heterocycles. The maximum Gasteiger partial charge on any atom is 0.305 e. The second-order valence-corrected chi connectivity index (χ2v) is 3.34. The molecule has 0 saturated heterocycles. The lowest BCUT2D eigenvalue weighted by molar-refractivity contribution is -0.140. The zero-order chi connectivity index (χ0) is 12.0. The summed E-state index contributed by atoms with van der Waals surface area (Å²) in [6.45, 7) is 0.579. The number of carbonyl (C=O) groups is 1. The number of rotatable bonds is 5. The Morgan fingerprint density at radius 3 is 3.00 bits per heavy atom. The van der Waals surface area contributed by atoms with Crippen molar-refractivity contribution in [1.29, 1.82) is 0 Å². The molecule has 1 rings (SSSR count). The third-order valence-electron chi connectivity index (χ3n) is 2.15. The third kappa shape index (κ3) is 3.38. The van der Waals surface area contributed by atoms with Crippen molar-refractivity contribution in [1.82, 2.24) is 9.97 Å². The fourth-order valence-electron chi connectivity index (χ4n) is 1.28. The van der Waals surface area contributed by atoms with Gasteiger partial charge in [0.1, 0.15) is 0 Å². The number of anilines is 1. The molecule has 0 fully saturated rings. The maximum absolute atomic E-state index is 11.4. The van der Waals surface area contributed by atoms with Gasteiger partial charge in [-0.1, -0.05) is 0 Å². The molecule has 0 spiro atoms. The van der Waals surface area contributed by atoms with Crippen LogP contribution < -0.4 is 10.5 Å². The summed E-state index contributed by atoms with van der Waals surface area (Å²) < 4.78 is 4.52. The van der Waals surface area contributed by atoms with E-state index in [1.807, 2.05) is 0 Å². The first kappa shape index (κ1) is 12.2. The molecule has 16 heavy (non-hydrogen) atoms. The van der Waals surface area contributed by atoms with Crippen LogP contribution in [0.15, 0.2) is 17.2 Å². The standard InChI is InChI=1S/C10H15N3O3/c1-13(7-3-4-8(14)16-2)9-10(15)12-6-5-11-9/h5-6H,3-4,7H2,1-2H3,(H,12,15). The first-order chi connectivity index (χ1) is 7.65. The fraction of sp³-hybridized carbons (Fsp3) is 0.500. The predicted molar refractivity (Wildman–Crippen MR) is 59.4 cm³/mol. The van der Waals surface area contributed by atoms with Crippen LogP contribution in [0.2, 0.25) is 0 Å². The van der Waals surface area contributed by atoms with E-state index < -0.39 is 0 Å². The fourth-order valence-corrected chi connectivity index (χ4v) is 1.28. The molecule has 6 nitrogen and oxygen atoms in total. The summed E-state index contributed by atoms with van der Waals surface area (Å²) in [4.78, 5) is 30.4. The second-order valence-electron chi connectivity index (χ2n) is 3.34. The van der Waals surface area contributed by atoms with E-state index in [2.05, 4.69) is 14.7 Å². The lowest BCUT2D eigenvalue weighted by Gasteiger charge is -2.15. The maximum atomic E-state index is 11.4. The van der Waals surface area contributed by atoms with E-state index >= 15 is 0 Å². The van der Waals surface area contributed by atoms with Crippen LogP contribution in [0.5, 0.6) is 0 Å². The normalized spacial score (nSPS) is 9.88. The number of nitrogens with one attached hydrogen (secondary N) is 1. The van der Waals surface area contributed by atoms with Crippen LogP contribution >= 0.6 is 0 Å². The summed E-state index contributed by atoms with van der Waals surface area (Å²) in [6.07, 6.45) is 3.96. The molecule has 0 unspecified atom stereocenters. The van der Waals surface area contributed by atoms with Gasteiger partial charge in [0, 0.05) is 32.4 Å². The molecule has 0 aliphatic heterocycles. The molecule has 6 heteroatoms. The highest BCUT2D eigenvalue weighted by atomic mass is 16.5. The molecule has 0 aliphatic carbocycles. The van der Waals surface area contributed by atoms with E-state index in [0.29, 0.717) is 25.2 Å². The van der Waals surface area contributed by atoms with Crippen LogP contribution in [0.25, 0.3) is 0 Å². The topological polar surface area (TPSA) is 75.3 Å². The van der Waals surface area contributed by atoms with Gasteiger partial charge in [0.05, 0.1) is 7.11 Å². The smallest absolute Gasteiger partial charge is 0.305 e. The number of hydrogen-bond donors (Lipinski definition) is 1. The Hall–Kier alpha value is -1.85. The molecule has 0 aliphatic rings. The SMILES string of the molecule is COC(=O)CCCN(C)c1ncc[nH]c1=O. The lowest BCUT2D eigenvalue weighted by atomic mass is 10.3. The van der Waals surface area contributed by atoms with Gasteiger partial charge < -0.3 is 14.6 Å². The molecule has 0 aromatic carbocycles. The number of H-pyrrole nitrogens is 1. The number of methoxy groups -OCH3 is 1. The largest absolute Gasteiger partial charge is 0.469 e. The summed E-state index contributed by atoms with van der Waals surface area (Å²) in [5.41, 5.74) is -0.233. The minimum absolute atomic E-state index is 0.233. The number of aromatic nitrogens is 2. The van der Waals surface area contributed by atoms with Gasteiger partial charge in [-0.25, -0.2) is 4.98 Å². The van der Waals surface area contributed by atoms with Gasteiger partial charge in [0.15, 0.2) is 5.82 Å². The van der Waals surface area contributed by atoms with Crippen molar-refractivity contribution in [2.24, 2.45) is 0 Å². The summed E-state index contributed by atoms with van der Waals surface area (Å²) in [7, 11) is 3.12. The van der Waals surface area contributed by atoms with Crippen LogP contribution in [0.1, 0.15) is 12.8 Å². The molecular formula is C10H15N3O3. The van der Waals surface area contributed by atoms with Crippen molar-refractivity contribution < 1.29 is 9.53 Å². The Bertz CT molecular complexity index is 402. The van der Waals surface area contributed by atoms with Crippen molar-refractivity contribution >= 4 is 11.8 Å². The number of nitrogens with zero attached hydrogens (tertiary/aromatic N) is 2. The van der Waals surface area contributed by atoms with Crippen LogP contribution in [-0.4, -0.2) is 36.6 Å². The summed E-state index contributed by atoms with van der Waals surface area (Å²) in [5, 5.41) is 0. The van der Waals surface area contributed by atoms with Crippen molar-refractivity contribution in [3.8, 4) is 0 Å². The van der Waals surface area contributed by atoms with E-state index in [1.54, 1.807) is 11.9 Å². The molecule has 1 N–H and O–H groups in total. The highest BCUT2D eigenvalue weighted by Crippen LogP contribution is 2.01. The highest BCUT2D eigenvalue weighted by molar-refractivity contribution is 5.69. The van der Waals surface area contributed by atoms with E-state index in [1.165, 1.54) is 19.5 Å². The Kier molecular flexibility index (Phi) is 4.50. The molecule has 0 atom stereocenters. The molecule has 0 saturated carbocycles. The summed E-state index contributed by atoms with van der Waals surface area (Å²) in [6, 6.07) is 0. The molecule has 0 bridgehead atoms. The Morgan fingerprint density at radius 2 is 2.38 bits per heavy atom. The summed E-state index contributed by atoms with van der Waals surface area (Å²) >= 11 is 0. The van der Waals surface area contributed by atoms with Crippen LogP contribution in [0.3, 0.4) is 0 Å². The van der Waals surface area contributed by atoms with E-state index in [9.17, 15) is 9.59 Å². The van der Waals surface area contributed by atoms with Gasteiger partial charge >= 0.3 is 5.97 Å². The zero-order valence-electron chi connectivity index (χ0n) is 9.40. The zero-order valence-corrected chi connectivity index (χ0v) is 9.40. The van der Waals surface area contributed by atoms with Gasteiger partial charge in [-0.05, 0) is 6.42 Å². The summed E-state index contributed by atoms with van der Waals surface area (Å²) in [5.74, 6) is 0.107. The minimum Gasteiger partial charge on any atom is -0.469 e. The molecule has 1 aromatic rings. The van der Waals surface area contributed by atoms with Crippen molar-refractivity contribution in [2.45, 2.75) is 12.8 Å². The van der Waals surface area contributed by atoms with Crippen molar-refractivity contribution in [3.05, 3.63) is 22.7 Å². The number of aromatic amines is 1. The van der Waals surface area contributed by atoms with Crippen LogP contribution in [0.4, 0.5) is 5.82 Å². The Morgan fingerprint density at radius 1 is 1.62 bits per heavy atom. The van der Waals surface area contributed by atoms with E-state index in [0.717, 1.165) is 0 Å². The highest BCUT2D eigenvalue weighted by Gasteiger charge is 2.07. The lowest BCUT2D eigenvalue weighted by Crippen LogP contribution is -2.27. The van der Waals surface area contributed by atoms with E-state index in [-0.39, 0.29) is 11.5 Å². The number of esters is 1. The second kappa shape index (κ2) is 5.89. The quantitative estimate of drug-likeness (QED) is 0.722. The van der Waals surface area contributed by atoms with Gasteiger partial charge in [-0.3, -0.25) is 9.59 Å². The monoisotopic (exact) mass is 225 g/mol.